The van der Waals surface area contributed by atoms with Crippen LogP contribution in [0.5, 0.6) is 0 Å². The summed E-state index contributed by atoms with van der Waals surface area (Å²) in [6.45, 7) is 1.98. The van der Waals surface area contributed by atoms with Gasteiger partial charge in [0.1, 0.15) is 0 Å². The van der Waals surface area contributed by atoms with Gasteiger partial charge in [-0.15, -0.1) is 0 Å². The first kappa shape index (κ1) is 10.4. The summed E-state index contributed by atoms with van der Waals surface area (Å²) in [5.41, 5.74) is 1.29. The van der Waals surface area contributed by atoms with Crippen molar-refractivity contribution in [3.8, 4) is 0 Å². The van der Waals surface area contributed by atoms with Gasteiger partial charge in [0.2, 0.25) is 0 Å². The van der Waals surface area contributed by atoms with Crippen LogP contribution in [0.4, 0.5) is 5.69 Å². The van der Waals surface area contributed by atoms with Crippen molar-refractivity contribution in [2.45, 2.75) is 19.8 Å². The van der Waals surface area contributed by atoms with Crippen molar-refractivity contribution < 1.29 is 4.92 Å². The highest BCUT2D eigenvalue weighted by Gasteiger charge is 2.02. The van der Waals surface area contributed by atoms with Crippen LogP contribution in [0.1, 0.15) is 18.9 Å². The average molecular weight is 191 g/mol. The van der Waals surface area contributed by atoms with E-state index in [9.17, 15) is 10.1 Å². The zero-order valence-corrected chi connectivity index (χ0v) is 8.14. The number of hydrogen-bond donors (Lipinski definition) is 0. The fourth-order valence-electron chi connectivity index (χ4n) is 1.20. The normalized spacial score (nSPS) is 10.6. The van der Waals surface area contributed by atoms with E-state index in [0.29, 0.717) is 0 Å². The molecule has 0 radical (unpaired) electrons. The third kappa shape index (κ3) is 3.01. The Morgan fingerprint density at radius 3 is 2.50 bits per heavy atom. The molecule has 3 heteroatoms. The fraction of sp³-hybridized carbons (Fsp3) is 0.273. The number of rotatable bonds is 4. The summed E-state index contributed by atoms with van der Waals surface area (Å²) in [5, 5.41) is 10.4. The number of allylic oxidation sites excluding steroid dienone is 2. The standard InChI is InChI=1S/C11H13NO2/c1-2-3-4-5-10-6-8-11(9-7-10)12(13)14/h2-3,6-9H,4-5H2,1H3. The average Bonchev–Trinajstić information content (AvgIpc) is 2.19. The maximum atomic E-state index is 10.4. The summed E-state index contributed by atoms with van der Waals surface area (Å²) >= 11 is 0. The number of nitro groups is 1. The van der Waals surface area contributed by atoms with E-state index in [1.54, 1.807) is 12.1 Å². The number of benzene rings is 1. The quantitative estimate of drug-likeness (QED) is 0.417. The Balaban J connectivity index is 2.59. The molecule has 0 amide bonds. The molecule has 0 aromatic heterocycles. The molecule has 0 N–H and O–H groups in total. The maximum absolute atomic E-state index is 10.4. The van der Waals surface area contributed by atoms with Gasteiger partial charge in [-0.2, -0.15) is 0 Å². The topological polar surface area (TPSA) is 43.1 Å². The summed E-state index contributed by atoms with van der Waals surface area (Å²) in [7, 11) is 0. The Bertz CT molecular complexity index is 328. The third-order valence-corrected chi connectivity index (χ3v) is 1.98. The second-order valence-electron chi connectivity index (χ2n) is 3.03. The molecule has 1 aromatic carbocycles. The van der Waals surface area contributed by atoms with Crippen LogP contribution in [0.25, 0.3) is 0 Å². The molecule has 74 valence electrons. The maximum Gasteiger partial charge on any atom is 0.269 e. The number of nitrogens with zero attached hydrogens (tertiary/aromatic N) is 1. The van der Waals surface area contributed by atoms with Crippen molar-refractivity contribution in [1.82, 2.24) is 0 Å². The molecule has 0 fully saturated rings. The molecular weight excluding hydrogens is 178 g/mol. The van der Waals surface area contributed by atoms with Crippen molar-refractivity contribution in [3.05, 3.63) is 52.1 Å². The minimum Gasteiger partial charge on any atom is -0.258 e. The van der Waals surface area contributed by atoms with Crippen molar-refractivity contribution in [2.24, 2.45) is 0 Å². The first-order valence-corrected chi connectivity index (χ1v) is 4.58. The minimum absolute atomic E-state index is 0.153. The fourth-order valence-corrected chi connectivity index (χ4v) is 1.20. The van der Waals surface area contributed by atoms with Gasteiger partial charge in [-0.05, 0) is 25.3 Å². The zero-order valence-electron chi connectivity index (χ0n) is 8.14. The predicted octanol–water partition coefficient (Wildman–Crippen LogP) is 3.10. The highest BCUT2D eigenvalue weighted by molar-refractivity contribution is 5.32. The molecule has 0 aliphatic rings. The second kappa shape index (κ2) is 5.17. The Kier molecular flexibility index (Phi) is 3.85. The molecule has 0 atom stereocenters. The molecule has 0 saturated heterocycles. The van der Waals surface area contributed by atoms with Crippen LogP contribution < -0.4 is 0 Å². The number of aryl methyl sites for hydroxylation is 1. The molecule has 1 aromatic rings. The molecule has 0 spiro atoms. The molecule has 0 unspecified atom stereocenters. The first-order chi connectivity index (χ1) is 6.74. The van der Waals surface area contributed by atoms with Crippen LogP contribution >= 0.6 is 0 Å². The lowest BCUT2D eigenvalue weighted by Gasteiger charge is -1.97. The Morgan fingerprint density at radius 2 is 2.00 bits per heavy atom. The molecule has 3 nitrogen and oxygen atoms in total. The Morgan fingerprint density at radius 1 is 1.36 bits per heavy atom. The van der Waals surface area contributed by atoms with Crippen LogP contribution in [-0.4, -0.2) is 4.92 Å². The van der Waals surface area contributed by atoms with E-state index in [1.807, 2.05) is 25.1 Å². The largest absolute Gasteiger partial charge is 0.269 e. The molecule has 0 saturated carbocycles. The highest BCUT2D eigenvalue weighted by atomic mass is 16.6. The summed E-state index contributed by atoms with van der Waals surface area (Å²) in [6.07, 6.45) is 6.00. The number of nitro benzene ring substituents is 1. The minimum atomic E-state index is -0.379. The van der Waals surface area contributed by atoms with Crippen LogP contribution in [-0.2, 0) is 6.42 Å². The third-order valence-electron chi connectivity index (χ3n) is 1.98. The molecule has 14 heavy (non-hydrogen) atoms. The lowest BCUT2D eigenvalue weighted by molar-refractivity contribution is -0.384. The van der Waals surface area contributed by atoms with Gasteiger partial charge in [-0.1, -0.05) is 24.3 Å². The lowest BCUT2D eigenvalue weighted by atomic mass is 10.1. The van der Waals surface area contributed by atoms with Gasteiger partial charge in [0, 0.05) is 12.1 Å². The van der Waals surface area contributed by atoms with E-state index in [0.717, 1.165) is 18.4 Å². The zero-order chi connectivity index (χ0) is 10.4. The first-order valence-electron chi connectivity index (χ1n) is 4.58. The van der Waals surface area contributed by atoms with Gasteiger partial charge in [0.15, 0.2) is 0 Å². The van der Waals surface area contributed by atoms with E-state index >= 15 is 0 Å². The van der Waals surface area contributed by atoms with Gasteiger partial charge >= 0.3 is 0 Å². The molecule has 0 aliphatic heterocycles. The lowest BCUT2D eigenvalue weighted by Crippen LogP contribution is -1.88. The SMILES string of the molecule is CC=CCCc1ccc([N+](=O)[O-])cc1. The predicted molar refractivity (Wildman–Crippen MR) is 56.2 cm³/mol. The van der Waals surface area contributed by atoms with E-state index < -0.39 is 0 Å². The van der Waals surface area contributed by atoms with Gasteiger partial charge in [-0.25, -0.2) is 0 Å². The van der Waals surface area contributed by atoms with E-state index in [-0.39, 0.29) is 10.6 Å². The van der Waals surface area contributed by atoms with Gasteiger partial charge in [0.05, 0.1) is 4.92 Å². The Hall–Kier alpha value is -1.64. The van der Waals surface area contributed by atoms with Crippen molar-refractivity contribution >= 4 is 5.69 Å². The van der Waals surface area contributed by atoms with E-state index in [4.69, 9.17) is 0 Å². The van der Waals surface area contributed by atoms with Crippen LogP contribution in [0.3, 0.4) is 0 Å². The number of hydrogen-bond acceptors (Lipinski definition) is 2. The van der Waals surface area contributed by atoms with E-state index in [2.05, 4.69) is 6.08 Å². The van der Waals surface area contributed by atoms with Crippen LogP contribution in [0.2, 0.25) is 0 Å². The van der Waals surface area contributed by atoms with Crippen LogP contribution in [0, 0.1) is 10.1 Å². The smallest absolute Gasteiger partial charge is 0.258 e. The molecule has 0 bridgehead atoms. The van der Waals surface area contributed by atoms with Gasteiger partial charge in [-0.3, -0.25) is 10.1 Å². The van der Waals surface area contributed by atoms with Crippen molar-refractivity contribution in [1.29, 1.82) is 0 Å². The second-order valence-corrected chi connectivity index (χ2v) is 3.03. The van der Waals surface area contributed by atoms with Crippen molar-refractivity contribution in [2.75, 3.05) is 0 Å². The molecule has 1 rings (SSSR count). The highest BCUT2D eigenvalue weighted by Crippen LogP contribution is 2.13. The van der Waals surface area contributed by atoms with Gasteiger partial charge in [0.25, 0.3) is 5.69 Å². The summed E-state index contributed by atoms with van der Waals surface area (Å²) in [6, 6.07) is 6.71. The molecular formula is C11H13NO2. The monoisotopic (exact) mass is 191 g/mol. The molecule has 0 aliphatic carbocycles. The van der Waals surface area contributed by atoms with Crippen molar-refractivity contribution in [3.63, 3.8) is 0 Å². The van der Waals surface area contributed by atoms with Gasteiger partial charge < -0.3 is 0 Å². The summed E-state index contributed by atoms with van der Waals surface area (Å²) < 4.78 is 0. The Labute approximate surface area is 83.2 Å². The van der Waals surface area contributed by atoms with Crippen LogP contribution in [0.15, 0.2) is 36.4 Å². The number of non-ortho nitro benzene ring substituents is 1. The summed E-state index contributed by atoms with van der Waals surface area (Å²) in [4.78, 5) is 9.99. The van der Waals surface area contributed by atoms with E-state index in [1.165, 1.54) is 0 Å². The molecule has 0 heterocycles. The summed E-state index contributed by atoms with van der Waals surface area (Å²) in [5.74, 6) is 0.